The number of rotatable bonds is 4. The van der Waals surface area contributed by atoms with Crippen LogP contribution in [-0.4, -0.2) is 17.2 Å². The van der Waals surface area contributed by atoms with E-state index in [0.717, 1.165) is 5.56 Å². The zero-order chi connectivity index (χ0) is 10.6. The Morgan fingerprint density at radius 1 is 1.57 bits per heavy atom. The predicted molar refractivity (Wildman–Crippen MR) is 53.5 cm³/mol. The molecule has 1 N–H and O–H groups in total. The second-order valence-corrected chi connectivity index (χ2v) is 3.17. The highest BCUT2D eigenvalue weighted by molar-refractivity contribution is 5.72. The molecule has 1 rings (SSSR count). The number of aliphatic carboxylic acids is 1. The minimum Gasteiger partial charge on any atom is -0.479 e. The summed E-state index contributed by atoms with van der Waals surface area (Å²) in [4.78, 5) is 10.7. The summed E-state index contributed by atoms with van der Waals surface area (Å²) in [6.45, 7) is 3.73. The summed E-state index contributed by atoms with van der Waals surface area (Å²) in [5, 5.41) is 8.78. The monoisotopic (exact) mass is 194 g/mol. The second kappa shape index (κ2) is 4.65. The third-order valence-corrected chi connectivity index (χ3v) is 1.91. The van der Waals surface area contributed by atoms with E-state index >= 15 is 0 Å². The van der Waals surface area contributed by atoms with Gasteiger partial charge < -0.3 is 9.84 Å². The van der Waals surface area contributed by atoms with Crippen molar-refractivity contribution in [2.75, 3.05) is 0 Å². The summed E-state index contributed by atoms with van der Waals surface area (Å²) in [5.74, 6) is -0.312. The molecule has 0 aliphatic heterocycles. The molecule has 3 nitrogen and oxygen atoms in total. The minimum atomic E-state index is -0.922. The Kier molecular flexibility index (Phi) is 3.51. The molecule has 0 heterocycles. The molecule has 0 aromatic heterocycles. The van der Waals surface area contributed by atoms with Gasteiger partial charge in [0.2, 0.25) is 0 Å². The summed E-state index contributed by atoms with van der Waals surface area (Å²) in [5.41, 5.74) is 1.06. The predicted octanol–water partition coefficient (Wildman–Crippen LogP) is 2.24. The van der Waals surface area contributed by atoms with Crippen LogP contribution in [0.2, 0.25) is 0 Å². The minimum absolute atomic E-state index is 0.462. The van der Waals surface area contributed by atoms with Crippen molar-refractivity contribution < 1.29 is 14.6 Å². The van der Waals surface area contributed by atoms with Crippen LogP contribution in [0, 0.1) is 6.92 Å². The van der Waals surface area contributed by atoms with E-state index in [1.165, 1.54) is 0 Å². The van der Waals surface area contributed by atoms with Gasteiger partial charge >= 0.3 is 5.97 Å². The van der Waals surface area contributed by atoms with Crippen molar-refractivity contribution in [2.45, 2.75) is 26.4 Å². The molecule has 1 atom stereocenters. The molecule has 0 fully saturated rings. The highest BCUT2D eigenvalue weighted by Crippen LogP contribution is 2.15. The van der Waals surface area contributed by atoms with E-state index in [4.69, 9.17) is 9.84 Å². The van der Waals surface area contributed by atoms with Crippen molar-refractivity contribution in [1.82, 2.24) is 0 Å². The van der Waals surface area contributed by atoms with Gasteiger partial charge in [0.25, 0.3) is 0 Å². The summed E-state index contributed by atoms with van der Waals surface area (Å²) in [6.07, 6.45) is -0.291. The van der Waals surface area contributed by atoms with E-state index in [2.05, 4.69) is 0 Å². The summed E-state index contributed by atoms with van der Waals surface area (Å²) in [7, 11) is 0. The lowest BCUT2D eigenvalue weighted by molar-refractivity contribution is -0.145. The first kappa shape index (κ1) is 10.6. The standard InChI is InChI=1S/C11H14O3/c1-3-10(11(12)13)14-9-6-4-5-8(2)7-9/h4-7,10H,3H2,1-2H3,(H,12,13)/t10-/m0/s1. The Morgan fingerprint density at radius 3 is 2.79 bits per heavy atom. The van der Waals surface area contributed by atoms with Crippen LogP contribution in [0.4, 0.5) is 0 Å². The number of hydrogen-bond acceptors (Lipinski definition) is 2. The molecule has 0 radical (unpaired) electrons. The Labute approximate surface area is 83.3 Å². The van der Waals surface area contributed by atoms with Crippen LogP contribution in [0.15, 0.2) is 24.3 Å². The molecule has 0 saturated carbocycles. The van der Waals surface area contributed by atoms with Gasteiger partial charge in [0.1, 0.15) is 5.75 Å². The number of carboxylic acids is 1. The molecule has 0 bridgehead atoms. The lowest BCUT2D eigenvalue weighted by atomic mass is 10.2. The third-order valence-electron chi connectivity index (χ3n) is 1.91. The molecule has 1 aromatic carbocycles. The number of benzene rings is 1. The van der Waals surface area contributed by atoms with Crippen LogP contribution in [0.3, 0.4) is 0 Å². The van der Waals surface area contributed by atoms with Gasteiger partial charge in [-0.25, -0.2) is 4.79 Å². The van der Waals surface area contributed by atoms with Crippen molar-refractivity contribution in [2.24, 2.45) is 0 Å². The van der Waals surface area contributed by atoms with Crippen molar-refractivity contribution in [3.63, 3.8) is 0 Å². The summed E-state index contributed by atoms with van der Waals surface area (Å²) < 4.78 is 5.31. The van der Waals surface area contributed by atoms with Crippen molar-refractivity contribution in [1.29, 1.82) is 0 Å². The number of carbonyl (C=O) groups is 1. The van der Waals surface area contributed by atoms with E-state index in [9.17, 15) is 4.79 Å². The zero-order valence-corrected chi connectivity index (χ0v) is 8.36. The van der Waals surface area contributed by atoms with Crippen LogP contribution < -0.4 is 4.74 Å². The SMILES string of the molecule is CC[C@H](Oc1cccc(C)c1)C(=O)O. The van der Waals surface area contributed by atoms with Gasteiger partial charge in [-0.15, -0.1) is 0 Å². The maximum absolute atomic E-state index is 10.7. The average Bonchev–Trinajstić information content (AvgIpc) is 2.14. The number of ether oxygens (including phenoxy) is 1. The topological polar surface area (TPSA) is 46.5 Å². The summed E-state index contributed by atoms with van der Waals surface area (Å²) in [6, 6.07) is 7.37. The first-order chi connectivity index (χ1) is 6.63. The maximum atomic E-state index is 10.7. The normalized spacial score (nSPS) is 12.1. The fraction of sp³-hybridized carbons (Fsp3) is 0.364. The Hall–Kier alpha value is -1.51. The highest BCUT2D eigenvalue weighted by Gasteiger charge is 2.16. The van der Waals surface area contributed by atoms with Crippen LogP contribution in [0.5, 0.6) is 5.75 Å². The molecule has 1 aromatic rings. The van der Waals surface area contributed by atoms with E-state index in [0.29, 0.717) is 12.2 Å². The van der Waals surface area contributed by atoms with E-state index in [-0.39, 0.29) is 0 Å². The Morgan fingerprint density at radius 2 is 2.29 bits per heavy atom. The lowest BCUT2D eigenvalue weighted by Crippen LogP contribution is -2.25. The largest absolute Gasteiger partial charge is 0.479 e. The number of carboxylic acid groups (broad SMARTS) is 1. The maximum Gasteiger partial charge on any atom is 0.344 e. The Balaban J connectivity index is 2.72. The molecule has 0 aliphatic rings. The molecule has 0 spiro atoms. The molecule has 0 saturated heterocycles. The van der Waals surface area contributed by atoms with E-state index in [1.807, 2.05) is 25.1 Å². The second-order valence-electron chi connectivity index (χ2n) is 3.17. The molecule has 0 aliphatic carbocycles. The quantitative estimate of drug-likeness (QED) is 0.799. The lowest BCUT2D eigenvalue weighted by Gasteiger charge is -2.13. The van der Waals surface area contributed by atoms with Crippen molar-refractivity contribution >= 4 is 5.97 Å². The number of aryl methyl sites for hydroxylation is 1. The fourth-order valence-electron chi connectivity index (χ4n) is 1.16. The van der Waals surface area contributed by atoms with Gasteiger partial charge in [-0.2, -0.15) is 0 Å². The van der Waals surface area contributed by atoms with Gasteiger partial charge in [-0.1, -0.05) is 19.1 Å². The van der Waals surface area contributed by atoms with Gasteiger partial charge in [-0.3, -0.25) is 0 Å². The molecular weight excluding hydrogens is 180 g/mol. The zero-order valence-electron chi connectivity index (χ0n) is 8.36. The smallest absolute Gasteiger partial charge is 0.344 e. The highest BCUT2D eigenvalue weighted by atomic mass is 16.5. The van der Waals surface area contributed by atoms with Crippen LogP contribution in [-0.2, 0) is 4.79 Å². The molecular formula is C11H14O3. The van der Waals surface area contributed by atoms with Crippen LogP contribution in [0.25, 0.3) is 0 Å². The summed E-state index contributed by atoms with van der Waals surface area (Å²) >= 11 is 0. The van der Waals surface area contributed by atoms with Crippen molar-refractivity contribution in [3.8, 4) is 5.75 Å². The third kappa shape index (κ3) is 2.76. The molecule has 0 amide bonds. The van der Waals surface area contributed by atoms with E-state index in [1.54, 1.807) is 13.0 Å². The van der Waals surface area contributed by atoms with Crippen molar-refractivity contribution in [3.05, 3.63) is 29.8 Å². The average molecular weight is 194 g/mol. The molecule has 0 unspecified atom stereocenters. The number of hydrogen-bond donors (Lipinski definition) is 1. The van der Waals surface area contributed by atoms with Gasteiger partial charge in [0.15, 0.2) is 6.10 Å². The van der Waals surface area contributed by atoms with Gasteiger partial charge in [0, 0.05) is 0 Å². The van der Waals surface area contributed by atoms with Crippen LogP contribution >= 0.6 is 0 Å². The first-order valence-corrected chi connectivity index (χ1v) is 4.59. The van der Waals surface area contributed by atoms with Gasteiger partial charge in [-0.05, 0) is 31.0 Å². The fourth-order valence-corrected chi connectivity index (χ4v) is 1.16. The first-order valence-electron chi connectivity index (χ1n) is 4.59. The van der Waals surface area contributed by atoms with Crippen LogP contribution in [0.1, 0.15) is 18.9 Å². The van der Waals surface area contributed by atoms with E-state index < -0.39 is 12.1 Å². The molecule has 76 valence electrons. The Bertz CT molecular complexity index is 320. The molecule has 14 heavy (non-hydrogen) atoms. The molecule has 3 heteroatoms. The van der Waals surface area contributed by atoms with Gasteiger partial charge in [0.05, 0.1) is 0 Å².